The molecule has 2 saturated heterocycles. The summed E-state index contributed by atoms with van der Waals surface area (Å²) in [5, 5.41) is 5.19. The molecule has 2 aliphatic heterocycles. The average molecular weight is 344 g/mol. The molecule has 0 aromatic carbocycles. The summed E-state index contributed by atoms with van der Waals surface area (Å²) in [6.45, 7) is 3.05. The number of piperidine rings is 1. The molecule has 0 aliphatic carbocycles. The van der Waals surface area contributed by atoms with Crippen molar-refractivity contribution in [2.75, 3.05) is 31.6 Å². The molecule has 1 N–H and O–H groups in total. The Hall–Kier alpha value is -1.99. The van der Waals surface area contributed by atoms with Gasteiger partial charge in [0.1, 0.15) is 0 Å². The molecule has 4 rings (SSSR count). The standard InChI is InChI=1S/C17H20N4O2S/c22-16(15-3-1-8-24-15)21-7-4-12-11-23-14(13(12)10-21)9-20-17-18-5-2-6-19-17/h1-3,5-6,8,12-14H,4,7,9-11H2,(H,18,19,20)/t12-,13-,14+/m0/s1. The molecule has 7 heteroatoms. The Bertz CT molecular complexity index is 679. The Labute approximate surface area is 144 Å². The summed E-state index contributed by atoms with van der Waals surface area (Å²) in [5.41, 5.74) is 0. The molecular weight excluding hydrogens is 324 g/mol. The van der Waals surface area contributed by atoms with Gasteiger partial charge in [0.2, 0.25) is 5.95 Å². The van der Waals surface area contributed by atoms with Gasteiger partial charge in [-0.15, -0.1) is 11.3 Å². The van der Waals surface area contributed by atoms with Crippen LogP contribution in [0.2, 0.25) is 0 Å². The number of ether oxygens (including phenoxy) is 1. The lowest BCUT2D eigenvalue weighted by atomic mass is 9.84. The number of nitrogens with one attached hydrogen (secondary N) is 1. The molecule has 2 aliphatic rings. The summed E-state index contributed by atoms with van der Waals surface area (Å²) in [7, 11) is 0. The number of aromatic nitrogens is 2. The predicted molar refractivity (Wildman–Crippen MR) is 92.1 cm³/mol. The van der Waals surface area contributed by atoms with Crippen LogP contribution in [0.25, 0.3) is 0 Å². The lowest BCUT2D eigenvalue weighted by Gasteiger charge is -2.35. The maximum Gasteiger partial charge on any atom is 0.263 e. The van der Waals surface area contributed by atoms with Crippen LogP contribution in [-0.2, 0) is 4.74 Å². The third kappa shape index (κ3) is 3.14. The van der Waals surface area contributed by atoms with E-state index < -0.39 is 0 Å². The molecule has 0 bridgehead atoms. The third-order valence-corrected chi connectivity index (χ3v) is 5.71. The van der Waals surface area contributed by atoms with E-state index in [9.17, 15) is 4.79 Å². The second-order valence-electron chi connectivity index (χ2n) is 6.27. The second kappa shape index (κ2) is 6.86. The number of nitrogens with zero attached hydrogens (tertiary/aromatic N) is 3. The van der Waals surface area contributed by atoms with Gasteiger partial charge in [0.25, 0.3) is 5.91 Å². The number of amides is 1. The molecule has 1 amide bonds. The summed E-state index contributed by atoms with van der Waals surface area (Å²) in [5.74, 6) is 1.68. The van der Waals surface area contributed by atoms with Crippen LogP contribution in [0.3, 0.4) is 0 Å². The topological polar surface area (TPSA) is 67.3 Å². The molecule has 24 heavy (non-hydrogen) atoms. The Morgan fingerprint density at radius 2 is 2.25 bits per heavy atom. The average Bonchev–Trinajstić information content (AvgIpc) is 3.30. The Morgan fingerprint density at radius 1 is 1.38 bits per heavy atom. The Balaban J connectivity index is 1.39. The van der Waals surface area contributed by atoms with Crippen molar-refractivity contribution in [2.45, 2.75) is 12.5 Å². The van der Waals surface area contributed by atoms with Crippen molar-refractivity contribution in [3.8, 4) is 0 Å². The lowest BCUT2D eigenvalue weighted by Crippen LogP contribution is -2.46. The number of hydrogen-bond acceptors (Lipinski definition) is 6. The van der Waals surface area contributed by atoms with Gasteiger partial charge < -0.3 is 15.0 Å². The largest absolute Gasteiger partial charge is 0.376 e. The quantitative estimate of drug-likeness (QED) is 0.920. The van der Waals surface area contributed by atoms with E-state index in [1.165, 1.54) is 11.3 Å². The summed E-state index contributed by atoms with van der Waals surface area (Å²) >= 11 is 1.51. The van der Waals surface area contributed by atoms with E-state index in [0.717, 1.165) is 31.0 Å². The van der Waals surface area contributed by atoms with E-state index in [1.807, 2.05) is 22.4 Å². The molecule has 2 fully saturated rings. The van der Waals surface area contributed by atoms with Crippen molar-refractivity contribution >= 4 is 23.2 Å². The van der Waals surface area contributed by atoms with Gasteiger partial charge in [0, 0.05) is 37.9 Å². The zero-order valence-electron chi connectivity index (χ0n) is 13.3. The van der Waals surface area contributed by atoms with Crippen LogP contribution in [-0.4, -0.2) is 53.1 Å². The monoisotopic (exact) mass is 344 g/mol. The summed E-state index contributed by atoms with van der Waals surface area (Å²) in [4.78, 5) is 23.8. The van der Waals surface area contributed by atoms with Crippen molar-refractivity contribution in [1.29, 1.82) is 0 Å². The van der Waals surface area contributed by atoms with Crippen LogP contribution in [0, 0.1) is 11.8 Å². The molecule has 0 radical (unpaired) electrons. The molecule has 3 atom stereocenters. The van der Waals surface area contributed by atoms with Gasteiger partial charge >= 0.3 is 0 Å². The highest BCUT2D eigenvalue weighted by Gasteiger charge is 2.42. The maximum atomic E-state index is 12.6. The minimum absolute atomic E-state index is 0.0951. The van der Waals surface area contributed by atoms with E-state index in [0.29, 0.717) is 24.3 Å². The molecule has 126 valence electrons. The van der Waals surface area contributed by atoms with Gasteiger partial charge in [-0.3, -0.25) is 4.79 Å². The molecular formula is C17H20N4O2S. The molecule has 0 spiro atoms. The molecule has 0 unspecified atom stereocenters. The van der Waals surface area contributed by atoms with E-state index in [4.69, 9.17) is 4.74 Å². The van der Waals surface area contributed by atoms with Crippen LogP contribution in [0.4, 0.5) is 5.95 Å². The number of thiophene rings is 1. The minimum atomic E-state index is 0.0951. The first-order valence-electron chi connectivity index (χ1n) is 8.26. The number of hydrogen-bond donors (Lipinski definition) is 1. The van der Waals surface area contributed by atoms with E-state index in [1.54, 1.807) is 18.5 Å². The van der Waals surface area contributed by atoms with Crippen molar-refractivity contribution in [3.05, 3.63) is 40.8 Å². The first-order chi connectivity index (χ1) is 11.8. The molecule has 6 nitrogen and oxygen atoms in total. The van der Waals surface area contributed by atoms with Gasteiger partial charge in [-0.2, -0.15) is 0 Å². The first-order valence-corrected chi connectivity index (χ1v) is 9.14. The summed E-state index contributed by atoms with van der Waals surface area (Å²) < 4.78 is 5.99. The Morgan fingerprint density at radius 3 is 3.04 bits per heavy atom. The van der Waals surface area contributed by atoms with Crippen molar-refractivity contribution in [2.24, 2.45) is 11.8 Å². The van der Waals surface area contributed by atoms with Crippen molar-refractivity contribution < 1.29 is 9.53 Å². The number of rotatable bonds is 4. The Kier molecular flexibility index (Phi) is 4.44. The van der Waals surface area contributed by atoms with Crippen LogP contribution < -0.4 is 5.32 Å². The SMILES string of the molecule is O=C(c1cccs1)N1CC[C@H]2CO[C@H](CNc3ncccn3)[C@H]2C1. The van der Waals surface area contributed by atoms with Crippen LogP contribution >= 0.6 is 11.3 Å². The highest BCUT2D eigenvalue weighted by molar-refractivity contribution is 7.12. The molecule has 2 aromatic heterocycles. The maximum absolute atomic E-state index is 12.6. The normalized spacial score (nSPS) is 26.2. The fraction of sp³-hybridized carbons (Fsp3) is 0.471. The van der Waals surface area contributed by atoms with Crippen molar-refractivity contribution in [3.63, 3.8) is 0 Å². The number of anilines is 1. The number of fused-ring (bicyclic) bond motifs is 1. The van der Waals surface area contributed by atoms with Gasteiger partial charge in [-0.1, -0.05) is 6.07 Å². The second-order valence-corrected chi connectivity index (χ2v) is 7.21. The predicted octanol–water partition coefficient (Wildman–Crippen LogP) is 2.13. The molecule has 4 heterocycles. The zero-order chi connectivity index (χ0) is 16.4. The van der Waals surface area contributed by atoms with Gasteiger partial charge in [-0.05, 0) is 29.9 Å². The summed E-state index contributed by atoms with van der Waals surface area (Å²) in [6, 6.07) is 5.62. The third-order valence-electron chi connectivity index (χ3n) is 4.85. The van der Waals surface area contributed by atoms with Crippen LogP contribution in [0.5, 0.6) is 0 Å². The highest BCUT2D eigenvalue weighted by atomic mass is 32.1. The fourth-order valence-electron chi connectivity index (χ4n) is 3.56. The van der Waals surface area contributed by atoms with Gasteiger partial charge in [0.05, 0.1) is 17.6 Å². The van der Waals surface area contributed by atoms with Crippen molar-refractivity contribution in [1.82, 2.24) is 14.9 Å². The smallest absolute Gasteiger partial charge is 0.263 e. The van der Waals surface area contributed by atoms with Crippen LogP contribution in [0.15, 0.2) is 36.0 Å². The summed E-state index contributed by atoms with van der Waals surface area (Å²) in [6.07, 6.45) is 4.55. The van der Waals surface area contributed by atoms with E-state index >= 15 is 0 Å². The highest BCUT2D eigenvalue weighted by Crippen LogP contribution is 2.35. The van der Waals surface area contributed by atoms with Crippen LogP contribution in [0.1, 0.15) is 16.1 Å². The number of carbonyl (C=O) groups excluding carboxylic acids is 1. The molecule has 2 aromatic rings. The van der Waals surface area contributed by atoms with Gasteiger partial charge in [0.15, 0.2) is 0 Å². The van der Waals surface area contributed by atoms with E-state index in [2.05, 4.69) is 15.3 Å². The first kappa shape index (κ1) is 15.5. The minimum Gasteiger partial charge on any atom is -0.376 e. The molecule has 0 saturated carbocycles. The number of carbonyl (C=O) groups is 1. The fourth-order valence-corrected chi connectivity index (χ4v) is 4.25. The lowest BCUT2D eigenvalue weighted by molar-refractivity contribution is 0.0580. The zero-order valence-corrected chi connectivity index (χ0v) is 14.1. The number of likely N-dealkylation sites (tertiary alicyclic amines) is 1. The van der Waals surface area contributed by atoms with Gasteiger partial charge in [-0.25, -0.2) is 9.97 Å². The van der Waals surface area contributed by atoms with E-state index in [-0.39, 0.29) is 12.0 Å².